The lowest BCUT2D eigenvalue weighted by atomic mass is 9.87. The molecule has 1 aromatic carbocycles. The number of carbonyl (C=O) groups excluding carboxylic acids is 1. The first-order chi connectivity index (χ1) is 19.2. The van der Waals surface area contributed by atoms with E-state index in [1.807, 2.05) is 0 Å². The van der Waals surface area contributed by atoms with Crippen molar-refractivity contribution in [3.8, 4) is 5.88 Å². The number of thiazole rings is 1. The van der Waals surface area contributed by atoms with E-state index in [1.165, 1.54) is 27.8 Å². The molecular formula is C28H34N4O6S2. The summed E-state index contributed by atoms with van der Waals surface area (Å²) in [4.78, 5) is 34.4. The van der Waals surface area contributed by atoms with Crippen molar-refractivity contribution in [2.75, 3.05) is 25.5 Å². The maximum Gasteiger partial charge on any atom is 0.304 e. The number of sulfonamides is 1. The Morgan fingerprint density at radius 1 is 1.07 bits per heavy atom. The zero-order valence-electron chi connectivity index (χ0n) is 22.4. The first-order valence-electron chi connectivity index (χ1n) is 13.7. The molecule has 0 unspecified atom stereocenters. The highest BCUT2D eigenvalue weighted by Gasteiger charge is 2.33. The summed E-state index contributed by atoms with van der Waals surface area (Å²) in [6.45, 7) is 0.262. The van der Waals surface area contributed by atoms with Crippen LogP contribution in [0.1, 0.15) is 62.8 Å². The second-order valence-electron chi connectivity index (χ2n) is 10.6. The Labute approximate surface area is 237 Å². The second kappa shape index (κ2) is 12.2. The van der Waals surface area contributed by atoms with Crippen LogP contribution in [0.15, 0.2) is 41.3 Å². The zero-order chi connectivity index (χ0) is 28.3. The Morgan fingerprint density at radius 3 is 2.45 bits per heavy atom. The molecule has 2 aromatic heterocycles. The van der Waals surface area contributed by atoms with Gasteiger partial charge in [0.2, 0.25) is 21.8 Å². The van der Waals surface area contributed by atoms with E-state index in [9.17, 15) is 18.0 Å². The minimum absolute atomic E-state index is 0.0640. The molecule has 2 fully saturated rings. The van der Waals surface area contributed by atoms with Crippen molar-refractivity contribution in [3.05, 3.63) is 42.0 Å². The van der Waals surface area contributed by atoms with E-state index in [0.29, 0.717) is 40.2 Å². The summed E-state index contributed by atoms with van der Waals surface area (Å²) in [5.41, 5.74) is 1.41. The maximum atomic E-state index is 13.6. The molecule has 1 atom stereocenters. The van der Waals surface area contributed by atoms with E-state index in [4.69, 9.17) is 9.84 Å². The lowest BCUT2D eigenvalue weighted by Crippen LogP contribution is -2.34. The van der Waals surface area contributed by atoms with Crippen molar-refractivity contribution < 1.29 is 27.9 Å². The number of hydrogen-bond donors (Lipinski definition) is 2. The topological polar surface area (TPSA) is 139 Å². The van der Waals surface area contributed by atoms with Crippen LogP contribution in [0.2, 0.25) is 0 Å². The summed E-state index contributed by atoms with van der Waals surface area (Å²) in [7, 11) is -2.32. The highest BCUT2D eigenvalue weighted by molar-refractivity contribution is 7.89. The highest BCUT2D eigenvalue weighted by Crippen LogP contribution is 2.36. The molecule has 1 amide bonds. The van der Waals surface area contributed by atoms with Crippen LogP contribution in [-0.4, -0.2) is 59.9 Å². The predicted octanol–water partition coefficient (Wildman–Crippen LogP) is 4.88. The van der Waals surface area contributed by atoms with Crippen molar-refractivity contribution in [2.45, 2.75) is 62.2 Å². The van der Waals surface area contributed by atoms with Crippen LogP contribution in [-0.2, 0) is 19.6 Å². The molecule has 214 valence electrons. The first-order valence-corrected chi connectivity index (χ1v) is 15.9. The highest BCUT2D eigenvalue weighted by atomic mass is 32.2. The van der Waals surface area contributed by atoms with Crippen LogP contribution in [0.3, 0.4) is 0 Å². The summed E-state index contributed by atoms with van der Waals surface area (Å²) in [6.07, 6.45) is 6.76. The van der Waals surface area contributed by atoms with Crippen molar-refractivity contribution in [1.82, 2.24) is 14.3 Å². The molecular weight excluding hydrogens is 552 g/mol. The second-order valence-corrected chi connectivity index (χ2v) is 13.6. The molecule has 2 aliphatic rings. The van der Waals surface area contributed by atoms with E-state index in [2.05, 4.69) is 15.3 Å². The van der Waals surface area contributed by atoms with Gasteiger partial charge in [-0.25, -0.2) is 18.4 Å². The molecule has 0 radical (unpaired) electrons. The summed E-state index contributed by atoms with van der Waals surface area (Å²) >= 11 is 1.28. The van der Waals surface area contributed by atoms with Crippen molar-refractivity contribution in [1.29, 1.82) is 0 Å². The molecule has 0 aliphatic heterocycles. The van der Waals surface area contributed by atoms with E-state index >= 15 is 0 Å². The number of carboxylic acid groups (broad SMARTS) is 1. The number of aromatic nitrogens is 2. The molecule has 10 nitrogen and oxygen atoms in total. The smallest absolute Gasteiger partial charge is 0.304 e. The molecule has 12 heteroatoms. The zero-order valence-corrected chi connectivity index (χ0v) is 24.0. The van der Waals surface area contributed by atoms with Gasteiger partial charge in [0.1, 0.15) is 10.3 Å². The molecule has 40 heavy (non-hydrogen) atoms. The number of nitrogens with zero attached hydrogens (tertiary/aromatic N) is 3. The van der Waals surface area contributed by atoms with Gasteiger partial charge in [-0.3, -0.25) is 9.59 Å². The summed E-state index contributed by atoms with van der Waals surface area (Å²) in [6, 6.07) is 10.0. The molecule has 0 saturated heterocycles. The Morgan fingerprint density at radius 2 is 1.80 bits per heavy atom. The van der Waals surface area contributed by atoms with Gasteiger partial charge in [0, 0.05) is 19.2 Å². The summed E-state index contributed by atoms with van der Waals surface area (Å²) in [5, 5.41) is 12.5. The van der Waals surface area contributed by atoms with E-state index in [-0.39, 0.29) is 29.7 Å². The average Bonchev–Trinajstić information content (AvgIpc) is 3.43. The molecule has 3 aromatic rings. The van der Waals surface area contributed by atoms with Crippen molar-refractivity contribution in [3.63, 3.8) is 0 Å². The molecule has 0 spiro atoms. The van der Waals surface area contributed by atoms with Gasteiger partial charge in [-0.2, -0.15) is 4.31 Å². The average molecular weight is 587 g/mol. The molecule has 2 N–H and O–H groups in total. The molecule has 2 aliphatic carbocycles. The number of ether oxygens (including phenoxy) is 1. The lowest BCUT2D eigenvalue weighted by molar-refractivity contribution is -0.137. The number of methoxy groups -OCH3 is 1. The Kier molecular flexibility index (Phi) is 8.67. The van der Waals surface area contributed by atoms with Crippen LogP contribution in [0, 0.1) is 11.8 Å². The van der Waals surface area contributed by atoms with Gasteiger partial charge in [0.15, 0.2) is 5.13 Å². The number of aliphatic carboxylic acids is 1. The minimum atomic E-state index is -3.86. The quantitative estimate of drug-likeness (QED) is 0.289. The fourth-order valence-corrected chi connectivity index (χ4v) is 7.62. The van der Waals surface area contributed by atoms with Gasteiger partial charge in [-0.05, 0) is 54.9 Å². The van der Waals surface area contributed by atoms with Gasteiger partial charge in [-0.1, -0.05) is 49.2 Å². The van der Waals surface area contributed by atoms with Crippen molar-refractivity contribution in [2.24, 2.45) is 11.8 Å². The third-order valence-corrected chi connectivity index (χ3v) is 10.4. The normalized spacial score (nSPS) is 16.9. The van der Waals surface area contributed by atoms with E-state index in [1.54, 1.807) is 31.4 Å². The minimum Gasteiger partial charge on any atom is -0.481 e. The Bertz CT molecular complexity index is 1460. The third-order valence-electron chi connectivity index (χ3n) is 7.68. The number of carbonyl (C=O) groups is 2. The lowest BCUT2D eigenvalue weighted by Gasteiger charge is -2.23. The Hall–Kier alpha value is -3.09. The third kappa shape index (κ3) is 6.79. The van der Waals surface area contributed by atoms with Crippen LogP contribution in [0.5, 0.6) is 5.88 Å². The van der Waals surface area contributed by atoms with Crippen molar-refractivity contribution >= 4 is 48.7 Å². The van der Waals surface area contributed by atoms with Gasteiger partial charge in [0.05, 0.1) is 24.3 Å². The molecule has 2 heterocycles. The number of carboxylic acids is 1. The predicted molar refractivity (Wildman–Crippen MR) is 152 cm³/mol. The number of anilines is 1. The van der Waals surface area contributed by atoms with Crippen LogP contribution < -0.4 is 10.1 Å². The largest absolute Gasteiger partial charge is 0.481 e. The van der Waals surface area contributed by atoms with Gasteiger partial charge >= 0.3 is 5.97 Å². The number of pyridine rings is 1. The fourth-order valence-electron chi connectivity index (χ4n) is 5.27. The first kappa shape index (κ1) is 28.4. The van der Waals surface area contributed by atoms with Crippen LogP contribution in [0.4, 0.5) is 5.13 Å². The summed E-state index contributed by atoms with van der Waals surface area (Å²) in [5.74, 6) is -0.516. The fraction of sp³-hybridized carbons (Fsp3) is 0.500. The molecule has 0 bridgehead atoms. The standard InChI is InChI=1S/C28H34N4O6S2/c1-38-24-13-12-23-27(30-24)39-28(29-23)31-26(35)22(16-18-4-2-3-5-18)20-8-10-21(11-9-20)40(36,37)32(15-14-25(33)34)17-19-6-7-19/h8-13,18-19,22H,2-7,14-17H2,1H3,(H,33,34)(H,29,31,35)/t22-/m1/s1. The monoisotopic (exact) mass is 586 g/mol. The number of rotatable bonds is 13. The van der Waals surface area contributed by atoms with Crippen LogP contribution in [0.25, 0.3) is 10.3 Å². The number of fused-ring (bicyclic) bond motifs is 1. The summed E-state index contributed by atoms with van der Waals surface area (Å²) < 4.78 is 33.3. The van der Waals surface area contributed by atoms with Gasteiger partial charge in [0.25, 0.3) is 0 Å². The van der Waals surface area contributed by atoms with E-state index in [0.717, 1.165) is 44.1 Å². The number of nitrogens with one attached hydrogen (secondary N) is 1. The maximum absolute atomic E-state index is 13.6. The van der Waals surface area contributed by atoms with Gasteiger partial charge in [-0.15, -0.1) is 0 Å². The molecule has 5 rings (SSSR count). The van der Waals surface area contributed by atoms with E-state index < -0.39 is 21.9 Å². The Balaban J connectivity index is 1.36. The molecule has 2 saturated carbocycles. The van der Waals surface area contributed by atoms with Crippen LogP contribution >= 0.6 is 11.3 Å². The number of amides is 1. The number of benzene rings is 1. The SMILES string of the molecule is COc1ccc2nc(NC(=O)[C@H](CC3CCCC3)c3ccc(S(=O)(=O)N(CCC(=O)O)CC4CC4)cc3)sc2n1. The van der Waals surface area contributed by atoms with Gasteiger partial charge < -0.3 is 15.2 Å². The number of hydrogen-bond acceptors (Lipinski definition) is 8.